The van der Waals surface area contributed by atoms with Crippen molar-refractivity contribution in [3.05, 3.63) is 40.1 Å². The lowest BCUT2D eigenvalue weighted by atomic mass is 10.2. The Balaban J connectivity index is 2.41. The molecule has 0 amide bonds. The van der Waals surface area contributed by atoms with E-state index in [0.717, 1.165) is 23.9 Å². The van der Waals surface area contributed by atoms with Crippen LogP contribution in [0.1, 0.15) is 19.5 Å². The van der Waals surface area contributed by atoms with Gasteiger partial charge in [0, 0.05) is 12.7 Å². The van der Waals surface area contributed by atoms with E-state index in [4.69, 9.17) is 23.2 Å². The summed E-state index contributed by atoms with van der Waals surface area (Å²) in [5.41, 5.74) is 1.77. The van der Waals surface area contributed by atoms with Gasteiger partial charge in [-0.25, -0.2) is 4.98 Å². The summed E-state index contributed by atoms with van der Waals surface area (Å²) < 4.78 is 1.94. The minimum atomic E-state index is 0.536. The number of anilines is 1. The molecule has 0 bridgehead atoms. The van der Waals surface area contributed by atoms with E-state index in [1.807, 2.05) is 29.8 Å². The van der Waals surface area contributed by atoms with Crippen LogP contribution < -0.4 is 5.32 Å². The molecule has 0 aliphatic carbocycles. The molecule has 3 nitrogen and oxygen atoms in total. The molecule has 2 rings (SSSR count). The highest BCUT2D eigenvalue weighted by molar-refractivity contribution is 6.43. The van der Waals surface area contributed by atoms with Gasteiger partial charge in [0.25, 0.3) is 0 Å². The van der Waals surface area contributed by atoms with Crippen LogP contribution in [0.2, 0.25) is 10.0 Å². The number of hydrogen-bond donors (Lipinski definition) is 1. The number of rotatable bonds is 4. The molecule has 0 spiro atoms. The molecule has 0 unspecified atom stereocenters. The third kappa shape index (κ3) is 3.23. The minimum Gasteiger partial charge on any atom is -0.355 e. The molecule has 5 heteroatoms. The zero-order chi connectivity index (χ0) is 14.0. The van der Waals surface area contributed by atoms with Crippen LogP contribution in [0.5, 0.6) is 0 Å². The highest BCUT2D eigenvalue weighted by Gasteiger charge is 2.12. The third-order valence-electron chi connectivity index (χ3n) is 2.69. The predicted molar refractivity (Wildman–Crippen MR) is 81.6 cm³/mol. The normalized spacial score (nSPS) is 11.1. The zero-order valence-corrected chi connectivity index (χ0v) is 12.8. The SMILES string of the molecule is Cc1cn(-c2cccc(Cl)c2Cl)c(NCC(C)C)n1. The zero-order valence-electron chi connectivity index (χ0n) is 11.2. The highest BCUT2D eigenvalue weighted by Crippen LogP contribution is 2.30. The van der Waals surface area contributed by atoms with Crippen molar-refractivity contribution in [1.29, 1.82) is 0 Å². The molecule has 0 fully saturated rings. The molecule has 1 aromatic heterocycles. The summed E-state index contributed by atoms with van der Waals surface area (Å²) in [5.74, 6) is 1.33. The number of halogens is 2. The summed E-state index contributed by atoms with van der Waals surface area (Å²) in [6, 6.07) is 5.58. The van der Waals surface area contributed by atoms with Crippen molar-refractivity contribution < 1.29 is 0 Å². The van der Waals surface area contributed by atoms with Crippen LogP contribution >= 0.6 is 23.2 Å². The van der Waals surface area contributed by atoms with Gasteiger partial charge in [-0.15, -0.1) is 0 Å². The molecule has 0 saturated heterocycles. The lowest BCUT2D eigenvalue weighted by Gasteiger charge is -2.13. The summed E-state index contributed by atoms with van der Waals surface area (Å²) >= 11 is 12.3. The molecule has 0 aliphatic heterocycles. The first kappa shape index (κ1) is 14.2. The van der Waals surface area contributed by atoms with Crippen LogP contribution in [-0.4, -0.2) is 16.1 Å². The van der Waals surface area contributed by atoms with Gasteiger partial charge in [-0.3, -0.25) is 4.57 Å². The van der Waals surface area contributed by atoms with Crippen molar-refractivity contribution >= 4 is 29.2 Å². The smallest absolute Gasteiger partial charge is 0.207 e. The second-order valence-corrected chi connectivity index (χ2v) is 5.71. The van der Waals surface area contributed by atoms with Gasteiger partial charge in [0.15, 0.2) is 0 Å². The molecule has 19 heavy (non-hydrogen) atoms. The highest BCUT2D eigenvalue weighted by atomic mass is 35.5. The predicted octanol–water partition coefficient (Wildman–Crippen LogP) is 4.56. The number of nitrogens with zero attached hydrogens (tertiary/aromatic N) is 2. The average Bonchev–Trinajstić information content (AvgIpc) is 2.71. The van der Waals surface area contributed by atoms with E-state index in [-0.39, 0.29) is 0 Å². The van der Waals surface area contributed by atoms with Gasteiger partial charge < -0.3 is 5.32 Å². The Kier molecular flexibility index (Phi) is 4.38. The van der Waals surface area contributed by atoms with Crippen LogP contribution in [0.4, 0.5) is 5.95 Å². The molecule has 1 aromatic carbocycles. The Morgan fingerprint density at radius 3 is 2.74 bits per heavy atom. The topological polar surface area (TPSA) is 29.9 Å². The number of hydrogen-bond acceptors (Lipinski definition) is 2. The fourth-order valence-corrected chi connectivity index (χ4v) is 2.17. The molecule has 0 atom stereocenters. The van der Waals surface area contributed by atoms with Gasteiger partial charge in [-0.1, -0.05) is 43.1 Å². The molecule has 1 heterocycles. The molecule has 0 aliphatic rings. The van der Waals surface area contributed by atoms with Gasteiger partial charge in [-0.05, 0) is 25.0 Å². The summed E-state index contributed by atoms with van der Waals surface area (Å²) in [6.45, 7) is 7.11. The number of benzene rings is 1. The van der Waals surface area contributed by atoms with E-state index in [1.54, 1.807) is 6.07 Å². The van der Waals surface area contributed by atoms with Crippen LogP contribution in [0.15, 0.2) is 24.4 Å². The van der Waals surface area contributed by atoms with Gasteiger partial charge in [0.05, 0.1) is 21.4 Å². The first-order chi connectivity index (χ1) is 8.99. The fraction of sp³-hybridized carbons (Fsp3) is 0.357. The van der Waals surface area contributed by atoms with Crippen molar-refractivity contribution in [2.45, 2.75) is 20.8 Å². The minimum absolute atomic E-state index is 0.536. The molecule has 0 radical (unpaired) electrons. The number of imidazole rings is 1. The van der Waals surface area contributed by atoms with Gasteiger partial charge in [-0.2, -0.15) is 0 Å². The first-order valence-corrected chi connectivity index (χ1v) is 6.99. The average molecular weight is 298 g/mol. The maximum absolute atomic E-state index is 6.26. The summed E-state index contributed by atoms with van der Waals surface area (Å²) in [4.78, 5) is 4.48. The Hall–Kier alpha value is -1.19. The standard InChI is InChI=1S/C14H17Cl2N3/c1-9(2)7-17-14-18-10(3)8-19(14)12-6-4-5-11(15)13(12)16/h4-6,8-9H,7H2,1-3H3,(H,17,18). The third-order valence-corrected chi connectivity index (χ3v) is 3.49. The van der Waals surface area contributed by atoms with Crippen molar-refractivity contribution in [2.24, 2.45) is 5.92 Å². The molecule has 2 aromatic rings. The summed E-state index contributed by atoms with van der Waals surface area (Å²) in [7, 11) is 0. The van der Waals surface area contributed by atoms with Gasteiger partial charge in [0.1, 0.15) is 0 Å². The Morgan fingerprint density at radius 2 is 2.05 bits per heavy atom. The lowest BCUT2D eigenvalue weighted by molar-refractivity contribution is 0.683. The Bertz CT molecular complexity index is 576. The second kappa shape index (κ2) is 5.85. The van der Waals surface area contributed by atoms with E-state index in [1.165, 1.54) is 0 Å². The quantitative estimate of drug-likeness (QED) is 0.897. The second-order valence-electron chi connectivity index (χ2n) is 4.92. The summed E-state index contributed by atoms with van der Waals surface area (Å²) in [5, 5.41) is 4.41. The van der Waals surface area contributed by atoms with Crippen molar-refractivity contribution in [3.8, 4) is 5.69 Å². The molecular weight excluding hydrogens is 281 g/mol. The first-order valence-electron chi connectivity index (χ1n) is 6.23. The fourth-order valence-electron chi connectivity index (χ4n) is 1.78. The van der Waals surface area contributed by atoms with Crippen molar-refractivity contribution in [3.63, 3.8) is 0 Å². The molecule has 0 saturated carbocycles. The van der Waals surface area contributed by atoms with Crippen molar-refractivity contribution in [2.75, 3.05) is 11.9 Å². The summed E-state index contributed by atoms with van der Waals surface area (Å²) in [6.07, 6.45) is 1.94. The molecule has 1 N–H and O–H groups in total. The van der Waals surface area contributed by atoms with Gasteiger partial charge >= 0.3 is 0 Å². The van der Waals surface area contributed by atoms with Crippen LogP contribution in [0, 0.1) is 12.8 Å². The van der Waals surface area contributed by atoms with E-state index >= 15 is 0 Å². The van der Waals surface area contributed by atoms with Crippen LogP contribution in [0.3, 0.4) is 0 Å². The van der Waals surface area contributed by atoms with Gasteiger partial charge in [0.2, 0.25) is 5.95 Å². The number of nitrogens with one attached hydrogen (secondary N) is 1. The maximum atomic E-state index is 6.26. The van der Waals surface area contributed by atoms with Crippen LogP contribution in [-0.2, 0) is 0 Å². The maximum Gasteiger partial charge on any atom is 0.207 e. The van der Waals surface area contributed by atoms with E-state index in [2.05, 4.69) is 24.1 Å². The number of aryl methyl sites for hydroxylation is 1. The van der Waals surface area contributed by atoms with Crippen molar-refractivity contribution in [1.82, 2.24) is 9.55 Å². The van der Waals surface area contributed by atoms with E-state index in [0.29, 0.717) is 16.0 Å². The Labute approximate surface area is 123 Å². The van der Waals surface area contributed by atoms with Crippen LogP contribution in [0.25, 0.3) is 5.69 Å². The van der Waals surface area contributed by atoms with E-state index < -0.39 is 0 Å². The molecular formula is C14H17Cl2N3. The number of aromatic nitrogens is 2. The largest absolute Gasteiger partial charge is 0.355 e. The lowest BCUT2D eigenvalue weighted by Crippen LogP contribution is -2.12. The van der Waals surface area contributed by atoms with E-state index in [9.17, 15) is 0 Å². The Morgan fingerprint density at radius 1 is 1.32 bits per heavy atom. The molecule has 102 valence electrons. The monoisotopic (exact) mass is 297 g/mol.